The summed E-state index contributed by atoms with van der Waals surface area (Å²) in [5.41, 5.74) is 12.8. The van der Waals surface area contributed by atoms with E-state index >= 15 is 0 Å². The number of benzene rings is 1. The maximum absolute atomic E-state index is 6.14. The summed E-state index contributed by atoms with van der Waals surface area (Å²) in [6.45, 7) is 7.29. The summed E-state index contributed by atoms with van der Waals surface area (Å²) in [6.07, 6.45) is 3.13. The van der Waals surface area contributed by atoms with Crippen molar-refractivity contribution in [2.24, 2.45) is 11.5 Å². The highest BCUT2D eigenvalue weighted by atomic mass is 35.5. The Morgan fingerprint density at radius 2 is 1.68 bits per heavy atom. The van der Waals surface area contributed by atoms with Crippen LogP contribution >= 0.6 is 12.4 Å². The van der Waals surface area contributed by atoms with Crippen molar-refractivity contribution in [2.45, 2.75) is 44.9 Å². The van der Waals surface area contributed by atoms with Crippen molar-refractivity contribution in [1.82, 2.24) is 0 Å². The van der Waals surface area contributed by atoms with Gasteiger partial charge in [0, 0.05) is 6.04 Å². The van der Waals surface area contributed by atoms with Crippen LogP contribution in [0.15, 0.2) is 24.3 Å². The number of hydrogen-bond acceptors (Lipinski definition) is 3. The van der Waals surface area contributed by atoms with Crippen LogP contribution in [0.1, 0.15) is 30.9 Å². The normalized spacial score (nSPS) is 12.7. The number of unbranched alkanes of at least 4 members (excludes halogenated alkanes) is 1. The molecule has 0 bridgehead atoms. The van der Waals surface area contributed by atoms with Crippen LogP contribution in [0.2, 0.25) is 19.6 Å². The topological polar surface area (TPSA) is 61.3 Å². The highest BCUT2D eigenvalue weighted by molar-refractivity contribution is 6.70. The van der Waals surface area contributed by atoms with Crippen molar-refractivity contribution in [2.75, 3.05) is 6.54 Å². The predicted molar refractivity (Wildman–Crippen MR) is 87.5 cm³/mol. The predicted octanol–water partition coefficient (Wildman–Crippen LogP) is 3.45. The number of rotatable bonds is 7. The molecule has 1 aromatic carbocycles. The molecule has 19 heavy (non-hydrogen) atoms. The summed E-state index contributed by atoms with van der Waals surface area (Å²) < 4.78 is 5.92. The molecule has 0 spiro atoms. The molecule has 0 heterocycles. The van der Waals surface area contributed by atoms with Crippen molar-refractivity contribution in [3.05, 3.63) is 29.8 Å². The summed E-state index contributed by atoms with van der Waals surface area (Å²) in [5.74, 6) is 0.951. The highest BCUT2D eigenvalue weighted by Gasteiger charge is 2.16. The van der Waals surface area contributed by atoms with Gasteiger partial charge in [0.05, 0.1) is 0 Å². The van der Waals surface area contributed by atoms with Crippen molar-refractivity contribution in [3.8, 4) is 5.75 Å². The molecule has 0 fully saturated rings. The van der Waals surface area contributed by atoms with Gasteiger partial charge in [0.2, 0.25) is 8.32 Å². The number of halogens is 1. The average molecular weight is 303 g/mol. The minimum absolute atomic E-state index is 0. The van der Waals surface area contributed by atoms with Crippen LogP contribution in [0.5, 0.6) is 5.75 Å². The van der Waals surface area contributed by atoms with E-state index in [0.29, 0.717) is 0 Å². The molecule has 0 amide bonds. The quantitative estimate of drug-likeness (QED) is 0.599. The highest BCUT2D eigenvalue weighted by Crippen LogP contribution is 2.21. The maximum Gasteiger partial charge on any atom is 0.242 e. The van der Waals surface area contributed by atoms with Gasteiger partial charge in [-0.3, -0.25) is 0 Å². The first-order chi connectivity index (χ1) is 8.42. The van der Waals surface area contributed by atoms with Crippen LogP contribution in [0.25, 0.3) is 0 Å². The van der Waals surface area contributed by atoms with Gasteiger partial charge < -0.3 is 15.9 Å². The Morgan fingerprint density at radius 3 is 2.16 bits per heavy atom. The van der Waals surface area contributed by atoms with Crippen LogP contribution in [-0.2, 0) is 0 Å². The molecule has 0 aliphatic heterocycles. The van der Waals surface area contributed by atoms with Crippen molar-refractivity contribution in [1.29, 1.82) is 0 Å². The van der Waals surface area contributed by atoms with Gasteiger partial charge in [0.15, 0.2) is 0 Å². The van der Waals surface area contributed by atoms with Gasteiger partial charge in [-0.2, -0.15) is 0 Å². The lowest BCUT2D eigenvalue weighted by molar-refractivity contribution is 0.555. The van der Waals surface area contributed by atoms with Crippen LogP contribution in [0, 0.1) is 0 Å². The SMILES string of the molecule is C[Si](C)(C)Oc1ccc([C@@H](N)CCCCN)cc1.Cl. The van der Waals surface area contributed by atoms with Crippen LogP contribution in [0.3, 0.4) is 0 Å². The van der Waals surface area contributed by atoms with Crippen LogP contribution in [0.4, 0.5) is 0 Å². The van der Waals surface area contributed by atoms with E-state index in [1.165, 1.54) is 5.56 Å². The largest absolute Gasteiger partial charge is 0.544 e. The lowest BCUT2D eigenvalue weighted by Crippen LogP contribution is -2.29. The van der Waals surface area contributed by atoms with E-state index in [-0.39, 0.29) is 18.4 Å². The summed E-state index contributed by atoms with van der Waals surface area (Å²) >= 11 is 0. The summed E-state index contributed by atoms with van der Waals surface area (Å²) in [7, 11) is -1.51. The first-order valence-corrected chi connectivity index (χ1v) is 10.1. The molecule has 0 saturated carbocycles. The van der Waals surface area contributed by atoms with Crippen LogP contribution in [-0.4, -0.2) is 14.9 Å². The Kier molecular flexibility index (Phi) is 8.33. The van der Waals surface area contributed by atoms with E-state index < -0.39 is 8.32 Å². The fraction of sp³-hybridized carbons (Fsp3) is 0.571. The third-order valence-corrected chi connectivity index (χ3v) is 3.55. The monoisotopic (exact) mass is 302 g/mol. The molecule has 0 aromatic heterocycles. The van der Waals surface area contributed by atoms with E-state index in [1.54, 1.807) is 0 Å². The van der Waals surface area contributed by atoms with Gasteiger partial charge in [0.1, 0.15) is 5.75 Å². The molecule has 0 unspecified atom stereocenters. The van der Waals surface area contributed by atoms with E-state index in [2.05, 4.69) is 31.8 Å². The van der Waals surface area contributed by atoms with Crippen molar-refractivity contribution >= 4 is 20.7 Å². The molecular weight excluding hydrogens is 276 g/mol. The Hall–Kier alpha value is -0.553. The lowest BCUT2D eigenvalue weighted by atomic mass is 10.0. The van der Waals surface area contributed by atoms with E-state index in [1.807, 2.05) is 12.1 Å². The molecule has 0 aliphatic rings. The zero-order valence-electron chi connectivity index (χ0n) is 12.2. The molecule has 0 saturated heterocycles. The summed E-state index contributed by atoms with van der Waals surface area (Å²) in [4.78, 5) is 0. The fourth-order valence-electron chi connectivity index (χ4n) is 1.81. The Morgan fingerprint density at radius 1 is 1.11 bits per heavy atom. The zero-order chi connectivity index (χ0) is 13.6. The van der Waals surface area contributed by atoms with E-state index in [0.717, 1.165) is 31.6 Å². The van der Waals surface area contributed by atoms with Crippen molar-refractivity contribution < 1.29 is 4.43 Å². The molecular formula is C14H27ClN2OSi. The molecule has 4 N–H and O–H groups in total. The fourth-order valence-corrected chi connectivity index (χ4v) is 2.66. The molecule has 110 valence electrons. The molecule has 5 heteroatoms. The average Bonchev–Trinajstić information content (AvgIpc) is 2.28. The lowest BCUT2D eigenvalue weighted by Gasteiger charge is -2.20. The minimum Gasteiger partial charge on any atom is -0.544 e. The van der Waals surface area contributed by atoms with Gasteiger partial charge in [-0.15, -0.1) is 12.4 Å². The third-order valence-electron chi connectivity index (χ3n) is 2.70. The van der Waals surface area contributed by atoms with Crippen molar-refractivity contribution in [3.63, 3.8) is 0 Å². The first-order valence-electron chi connectivity index (χ1n) is 6.67. The molecule has 1 atom stereocenters. The van der Waals surface area contributed by atoms with E-state index in [4.69, 9.17) is 15.9 Å². The Labute approximate surface area is 124 Å². The molecule has 0 radical (unpaired) electrons. The van der Waals surface area contributed by atoms with Gasteiger partial charge >= 0.3 is 0 Å². The molecule has 1 aromatic rings. The smallest absolute Gasteiger partial charge is 0.242 e. The second kappa shape index (κ2) is 8.58. The second-order valence-electron chi connectivity index (χ2n) is 5.67. The Bertz CT molecular complexity index is 351. The van der Waals surface area contributed by atoms with Crippen LogP contribution < -0.4 is 15.9 Å². The third kappa shape index (κ3) is 7.57. The van der Waals surface area contributed by atoms with Gasteiger partial charge in [0.25, 0.3) is 0 Å². The van der Waals surface area contributed by atoms with Gasteiger partial charge in [-0.1, -0.05) is 18.6 Å². The Balaban J connectivity index is 0.00000324. The van der Waals surface area contributed by atoms with E-state index in [9.17, 15) is 0 Å². The number of nitrogens with two attached hydrogens (primary N) is 2. The summed E-state index contributed by atoms with van der Waals surface area (Å²) in [6, 6.07) is 8.30. The molecule has 1 rings (SSSR count). The van der Waals surface area contributed by atoms with Gasteiger partial charge in [-0.25, -0.2) is 0 Å². The summed E-state index contributed by atoms with van der Waals surface area (Å²) in [5, 5.41) is 0. The maximum atomic E-state index is 6.14. The zero-order valence-corrected chi connectivity index (χ0v) is 14.0. The molecule has 0 aliphatic carbocycles. The van der Waals surface area contributed by atoms with Gasteiger partial charge in [-0.05, 0) is 56.7 Å². The number of hydrogen-bond donors (Lipinski definition) is 2. The first kappa shape index (κ1) is 18.4. The second-order valence-corrected chi connectivity index (χ2v) is 10.1. The molecule has 3 nitrogen and oxygen atoms in total. The standard InChI is InChI=1S/C14H26N2OSi.ClH/c1-18(2,3)17-13-9-7-12(8-10-13)14(16)6-4-5-11-15;/h7-10,14H,4-6,11,15-16H2,1-3H3;1H/t14-;/m0./s1. The minimum atomic E-state index is -1.51.